The summed E-state index contributed by atoms with van der Waals surface area (Å²) in [6.07, 6.45) is 0. The summed E-state index contributed by atoms with van der Waals surface area (Å²) in [5.74, 6) is -0.753. The molecule has 0 fully saturated rings. The highest BCUT2D eigenvalue weighted by atomic mass is 16.6. The standard InChI is InChI=1S/C13H15N3O5/c1-13(2)7-4-10(16(19)20)9(14-11(17)6-21-3)5-8(7)15-12(13)18/h4-5H,6H2,1-3H3,(H,14,17)(H,15,18). The number of hydrogen-bond donors (Lipinski definition) is 2. The molecule has 2 amide bonds. The van der Waals surface area contributed by atoms with Crippen molar-refractivity contribution in [2.45, 2.75) is 19.3 Å². The van der Waals surface area contributed by atoms with E-state index in [4.69, 9.17) is 0 Å². The third-order valence-corrected chi connectivity index (χ3v) is 3.37. The van der Waals surface area contributed by atoms with Crippen molar-refractivity contribution in [2.75, 3.05) is 24.4 Å². The molecule has 0 aliphatic carbocycles. The summed E-state index contributed by atoms with van der Waals surface area (Å²) in [6.45, 7) is 3.15. The van der Waals surface area contributed by atoms with Gasteiger partial charge >= 0.3 is 0 Å². The number of nitrogens with zero attached hydrogens (tertiary/aromatic N) is 1. The van der Waals surface area contributed by atoms with Gasteiger partial charge in [-0.15, -0.1) is 0 Å². The van der Waals surface area contributed by atoms with Gasteiger partial charge in [-0.3, -0.25) is 19.7 Å². The largest absolute Gasteiger partial charge is 0.375 e. The number of hydrogen-bond acceptors (Lipinski definition) is 5. The second-order valence-electron chi connectivity index (χ2n) is 5.23. The molecule has 0 radical (unpaired) electrons. The molecule has 8 heteroatoms. The van der Waals surface area contributed by atoms with Crippen LogP contribution in [0, 0.1) is 10.1 Å². The molecule has 0 saturated heterocycles. The number of nitro benzene ring substituents is 1. The zero-order chi connectivity index (χ0) is 15.8. The Hall–Kier alpha value is -2.48. The van der Waals surface area contributed by atoms with E-state index < -0.39 is 16.2 Å². The molecule has 1 aliphatic rings. The third kappa shape index (κ3) is 2.57. The maximum atomic E-state index is 11.9. The minimum absolute atomic E-state index is 0.0267. The van der Waals surface area contributed by atoms with Crippen LogP contribution in [0.25, 0.3) is 0 Å². The molecular formula is C13H15N3O5. The van der Waals surface area contributed by atoms with Crippen molar-refractivity contribution in [3.8, 4) is 0 Å². The van der Waals surface area contributed by atoms with E-state index in [1.807, 2.05) is 0 Å². The molecule has 1 aromatic carbocycles. The quantitative estimate of drug-likeness (QED) is 0.644. The predicted molar refractivity (Wildman–Crippen MR) is 75.3 cm³/mol. The lowest BCUT2D eigenvalue weighted by molar-refractivity contribution is -0.384. The van der Waals surface area contributed by atoms with Gasteiger partial charge in [-0.05, 0) is 25.5 Å². The van der Waals surface area contributed by atoms with E-state index in [0.717, 1.165) is 0 Å². The topological polar surface area (TPSA) is 111 Å². The van der Waals surface area contributed by atoms with Crippen molar-refractivity contribution < 1.29 is 19.2 Å². The molecule has 2 N–H and O–H groups in total. The fourth-order valence-corrected chi connectivity index (χ4v) is 2.18. The van der Waals surface area contributed by atoms with Gasteiger partial charge in [0, 0.05) is 18.9 Å². The molecular weight excluding hydrogens is 278 g/mol. The van der Waals surface area contributed by atoms with Crippen LogP contribution in [-0.4, -0.2) is 30.5 Å². The number of fused-ring (bicyclic) bond motifs is 1. The molecule has 1 heterocycles. The van der Waals surface area contributed by atoms with Gasteiger partial charge in [-0.1, -0.05) is 0 Å². The zero-order valence-corrected chi connectivity index (χ0v) is 11.9. The second kappa shape index (κ2) is 5.13. The summed E-state index contributed by atoms with van der Waals surface area (Å²) in [7, 11) is 1.35. The number of rotatable bonds is 4. The van der Waals surface area contributed by atoms with Crippen LogP contribution in [0.2, 0.25) is 0 Å². The molecule has 112 valence electrons. The molecule has 0 aromatic heterocycles. The van der Waals surface area contributed by atoms with E-state index in [-0.39, 0.29) is 23.9 Å². The molecule has 1 aliphatic heterocycles. The lowest BCUT2D eigenvalue weighted by Gasteiger charge is -2.15. The Morgan fingerprint density at radius 2 is 2.14 bits per heavy atom. The van der Waals surface area contributed by atoms with E-state index >= 15 is 0 Å². The number of benzene rings is 1. The van der Waals surface area contributed by atoms with Gasteiger partial charge in [0.15, 0.2) is 0 Å². The molecule has 2 rings (SSSR count). The monoisotopic (exact) mass is 293 g/mol. The highest BCUT2D eigenvalue weighted by molar-refractivity contribution is 6.07. The van der Waals surface area contributed by atoms with Crippen molar-refractivity contribution in [3.63, 3.8) is 0 Å². The van der Waals surface area contributed by atoms with Crippen LogP contribution < -0.4 is 10.6 Å². The van der Waals surface area contributed by atoms with Crippen molar-refractivity contribution in [1.29, 1.82) is 0 Å². The van der Waals surface area contributed by atoms with Crippen LogP contribution in [0.4, 0.5) is 17.1 Å². The summed E-state index contributed by atoms with van der Waals surface area (Å²) in [6, 6.07) is 2.71. The highest BCUT2D eigenvalue weighted by Crippen LogP contribution is 2.42. The first kappa shape index (κ1) is 14.9. The number of carbonyl (C=O) groups is 2. The van der Waals surface area contributed by atoms with Crippen LogP contribution in [-0.2, 0) is 19.7 Å². The maximum absolute atomic E-state index is 11.9. The summed E-state index contributed by atoms with van der Waals surface area (Å²) in [4.78, 5) is 34.0. The lowest BCUT2D eigenvalue weighted by Crippen LogP contribution is -2.26. The van der Waals surface area contributed by atoms with Crippen LogP contribution in [0.15, 0.2) is 12.1 Å². The van der Waals surface area contributed by atoms with Gasteiger partial charge in [0.1, 0.15) is 12.3 Å². The lowest BCUT2D eigenvalue weighted by atomic mass is 9.86. The van der Waals surface area contributed by atoms with Crippen LogP contribution >= 0.6 is 0 Å². The first-order valence-corrected chi connectivity index (χ1v) is 6.20. The van der Waals surface area contributed by atoms with E-state index in [1.165, 1.54) is 19.2 Å². The van der Waals surface area contributed by atoms with Crippen molar-refractivity contribution >= 4 is 28.9 Å². The first-order chi connectivity index (χ1) is 9.77. The average molecular weight is 293 g/mol. The molecule has 0 spiro atoms. The SMILES string of the molecule is COCC(=O)Nc1cc2c(cc1[N+](=O)[O-])C(C)(C)C(=O)N2. The number of ether oxygens (including phenoxy) is 1. The van der Waals surface area contributed by atoms with Crippen LogP contribution in [0.3, 0.4) is 0 Å². The molecule has 21 heavy (non-hydrogen) atoms. The number of anilines is 2. The van der Waals surface area contributed by atoms with Crippen LogP contribution in [0.5, 0.6) is 0 Å². The Balaban J connectivity index is 2.49. The van der Waals surface area contributed by atoms with Gasteiger partial charge in [0.2, 0.25) is 5.91 Å². The minimum Gasteiger partial charge on any atom is -0.375 e. The smallest absolute Gasteiger partial charge is 0.293 e. The molecule has 0 unspecified atom stereocenters. The van der Waals surface area contributed by atoms with E-state index in [2.05, 4.69) is 15.4 Å². The Bertz CT molecular complexity index is 639. The molecule has 0 bridgehead atoms. The normalized spacial score (nSPS) is 15.3. The fraction of sp³-hybridized carbons (Fsp3) is 0.385. The van der Waals surface area contributed by atoms with Gasteiger partial charge in [-0.25, -0.2) is 0 Å². The van der Waals surface area contributed by atoms with Crippen LogP contribution in [0.1, 0.15) is 19.4 Å². The number of nitrogens with one attached hydrogen (secondary N) is 2. The molecule has 0 saturated carbocycles. The molecule has 1 aromatic rings. The molecule has 8 nitrogen and oxygen atoms in total. The number of carbonyl (C=O) groups excluding carboxylic acids is 2. The van der Waals surface area contributed by atoms with Crippen molar-refractivity contribution in [3.05, 3.63) is 27.8 Å². The Morgan fingerprint density at radius 3 is 2.71 bits per heavy atom. The highest BCUT2D eigenvalue weighted by Gasteiger charge is 2.40. The molecule has 0 atom stereocenters. The van der Waals surface area contributed by atoms with E-state index in [9.17, 15) is 19.7 Å². The fourth-order valence-electron chi connectivity index (χ4n) is 2.18. The summed E-state index contributed by atoms with van der Waals surface area (Å²) >= 11 is 0. The third-order valence-electron chi connectivity index (χ3n) is 3.37. The maximum Gasteiger partial charge on any atom is 0.293 e. The van der Waals surface area contributed by atoms with E-state index in [0.29, 0.717) is 11.3 Å². The summed E-state index contributed by atoms with van der Waals surface area (Å²) < 4.78 is 4.67. The summed E-state index contributed by atoms with van der Waals surface area (Å²) in [5, 5.41) is 16.2. The van der Waals surface area contributed by atoms with Gasteiger partial charge in [0.25, 0.3) is 11.6 Å². The Kier molecular flexibility index (Phi) is 3.65. The van der Waals surface area contributed by atoms with Crippen molar-refractivity contribution in [1.82, 2.24) is 0 Å². The summed E-state index contributed by atoms with van der Waals surface area (Å²) in [5.41, 5.74) is -0.0938. The first-order valence-electron chi connectivity index (χ1n) is 6.20. The van der Waals surface area contributed by atoms with Gasteiger partial charge < -0.3 is 15.4 Å². The van der Waals surface area contributed by atoms with Crippen molar-refractivity contribution in [2.24, 2.45) is 0 Å². The average Bonchev–Trinajstić information content (AvgIpc) is 2.59. The zero-order valence-electron chi connectivity index (χ0n) is 11.9. The Morgan fingerprint density at radius 1 is 1.48 bits per heavy atom. The van der Waals surface area contributed by atoms with E-state index in [1.54, 1.807) is 13.8 Å². The number of methoxy groups -OCH3 is 1. The minimum atomic E-state index is -0.852. The Labute approximate surface area is 120 Å². The van der Waals surface area contributed by atoms with Gasteiger partial charge in [0.05, 0.1) is 10.3 Å². The number of amides is 2. The second-order valence-corrected chi connectivity index (χ2v) is 5.23. The number of nitro groups is 1. The predicted octanol–water partition coefficient (Wildman–Crippen LogP) is 1.41. The van der Waals surface area contributed by atoms with Gasteiger partial charge in [-0.2, -0.15) is 0 Å².